The van der Waals surface area contributed by atoms with Crippen molar-refractivity contribution in [2.75, 3.05) is 33.8 Å². The summed E-state index contributed by atoms with van der Waals surface area (Å²) >= 11 is 5.94. The zero-order valence-corrected chi connectivity index (χ0v) is 11.5. The van der Waals surface area contributed by atoms with Crippen LogP contribution in [-0.4, -0.2) is 44.6 Å². The van der Waals surface area contributed by atoms with Gasteiger partial charge >= 0.3 is 0 Å². The molecule has 0 radical (unpaired) electrons. The Kier molecular flexibility index (Phi) is 6.54. The van der Waals surface area contributed by atoms with Gasteiger partial charge in [0.2, 0.25) is 5.91 Å². The smallest absolute Gasteiger partial charge is 0.225 e. The van der Waals surface area contributed by atoms with Crippen LogP contribution in [-0.2, 0) is 4.79 Å². The predicted octanol–water partition coefficient (Wildman–Crippen LogP) is 1.79. The second kappa shape index (κ2) is 7.95. The maximum Gasteiger partial charge on any atom is 0.225 e. The fraction of sp³-hybridized carbons (Fsp3) is 0.462. The topological polar surface area (TPSA) is 41.6 Å². The molecule has 0 fully saturated rings. The van der Waals surface area contributed by atoms with Crippen molar-refractivity contribution in [3.8, 4) is 5.75 Å². The highest BCUT2D eigenvalue weighted by molar-refractivity contribution is 6.32. The summed E-state index contributed by atoms with van der Waals surface area (Å²) in [5.41, 5.74) is 0. The third kappa shape index (κ3) is 4.94. The molecule has 0 aliphatic heterocycles. The number of hydrogen-bond acceptors (Lipinski definition) is 3. The minimum absolute atomic E-state index is 0.0669. The van der Waals surface area contributed by atoms with Gasteiger partial charge in [-0.1, -0.05) is 23.7 Å². The highest BCUT2D eigenvalue weighted by Crippen LogP contribution is 2.23. The minimum atomic E-state index is 0.0669. The molecule has 0 aromatic heterocycles. The third-order valence-electron chi connectivity index (χ3n) is 2.53. The van der Waals surface area contributed by atoms with E-state index < -0.39 is 0 Å². The fourth-order valence-electron chi connectivity index (χ4n) is 1.41. The molecule has 0 atom stereocenters. The van der Waals surface area contributed by atoms with E-state index in [4.69, 9.17) is 16.3 Å². The van der Waals surface area contributed by atoms with Crippen molar-refractivity contribution in [3.63, 3.8) is 0 Å². The summed E-state index contributed by atoms with van der Waals surface area (Å²) in [4.78, 5) is 13.4. The Bertz CT molecular complexity index is 385. The summed E-state index contributed by atoms with van der Waals surface area (Å²) in [6.45, 7) is 1.82. The summed E-state index contributed by atoms with van der Waals surface area (Å²) in [5, 5.41) is 3.56. The van der Waals surface area contributed by atoms with E-state index in [9.17, 15) is 4.79 Å². The maximum absolute atomic E-state index is 11.7. The number of nitrogens with one attached hydrogen (secondary N) is 1. The van der Waals surface area contributed by atoms with Gasteiger partial charge < -0.3 is 15.0 Å². The number of nitrogens with zero attached hydrogens (tertiary/aromatic N) is 1. The minimum Gasteiger partial charge on any atom is -0.491 e. The molecular weight excluding hydrogens is 252 g/mol. The Hall–Kier alpha value is -1.26. The maximum atomic E-state index is 11.7. The first-order valence-electron chi connectivity index (χ1n) is 5.91. The van der Waals surface area contributed by atoms with Crippen LogP contribution >= 0.6 is 11.6 Å². The lowest BCUT2D eigenvalue weighted by molar-refractivity contribution is -0.130. The van der Waals surface area contributed by atoms with E-state index in [2.05, 4.69) is 5.32 Å². The molecule has 5 heteroatoms. The van der Waals surface area contributed by atoms with E-state index in [1.807, 2.05) is 19.2 Å². The fourth-order valence-corrected chi connectivity index (χ4v) is 1.60. The lowest BCUT2D eigenvalue weighted by atomic mass is 10.3. The number of carbonyl (C=O) groups is 1. The van der Waals surface area contributed by atoms with Crippen LogP contribution in [0.3, 0.4) is 0 Å². The SMILES string of the molecule is CNCCN(C)C(=O)CCOc1ccccc1Cl. The van der Waals surface area contributed by atoms with E-state index >= 15 is 0 Å². The first kappa shape index (κ1) is 14.8. The van der Waals surface area contributed by atoms with Gasteiger partial charge in [0.1, 0.15) is 5.75 Å². The van der Waals surface area contributed by atoms with E-state index in [1.165, 1.54) is 0 Å². The lowest BCUT2D eigenvalue weighted by Crippen LogP contribution is -2.33. The molecule has 0 aliphatic carbocycles. The molecule has 0 bridgehead atoms. The standard InChI is InChI=1S/C13H19ClN2O2/c1-15-8-9-16(2)13(17)7-10-18-12-6-4-3-5-11(12)14/h3-6,15H,7-10H2,1-2H3. The largest absolute Gasteiger partial charge is 0.491 e. The Balaban J connectivity index is 2.29. The van der Waals surface area contributed by atoms with Crippen LogP contribution in [0.5, 0.6) is 5.75 Å². The Morgan fingerprint density at radius 3 is 2.83 bits per heavy atom. The number of likely N-dealkylation sites (N-methyl/N-ethyl adjacent to an activating group) is 2. The molecule has 100 valence electrons. The van der Waals surface area contributed by atoms with Crippen molar-refractivity contribution in [2.45, 2.75) is 6.42 Å². The normalized spacial score (nSPS) is 10.2. The Labute approximate surface area is 113 Å². The summed E-state index contributed by atoms with van der Waals surface area (Å²) in [5.74, 6) is 0.683. The number of para-hydroxylation sites is 1. The van der Waals surface area contributed by atoms with Gasteiger partial charge in [-0.15, -0.1) is 0 Å². The second-order valence-corrected chi connectivity index (χ2v) is 4.35. The molecule has 4 nitrogen and oxygen atoms in total. The summed E-state index contributed by atoms with van der Waals surface area (Å²) in [6.07, 6.45) is 0.353. The zero-order valence-electron chi connectivity index (χ0n) is 10.8. The van der Waals surface area contributed by atoms with Crippen molar-refractivity contribution in [3.05, 3.63) is 29.3 Å². The molecular formula is C13H19ClN2O2. The van der Waals surface area contributed by atoms with Crippen molar-refractivity contribution in [1.29, 1.82) is 0 Å². The number of carbonyl (C=O) groups excluding carboxylic acids is 1. The van der Waals surface area contributed by atoms with Gasteiger partial charge in [0.05, 0.1) is 18.1 Å². The first-order chi connectivity index (χ1) is 8.65. The van der Waals surface area contributed by atoms with E-state index in [0.717, 1.165) is 6.54 Å². The molecule has 0 unspecified atom stereocenters. The monoisotopic (exact) mass is 270 g/mol. The van der Waals surface area contributed by atoms with Crippen LogP contribution < -0.4 is 10.1 Å². The molecule has 1 aromatic rings. The van der Waals surface area contributed by atoms with Crippen LogP contribution in [0.2, 0.25) is 5.02 Å². The van der Waals surface area contributed by atoms with Gasteiger partial charge in [-0.05, 0) is 19.2 Å². The second-order valence-electron chi connectivity index (χ2n) is 3.95. The molecule has 0 saturated carbocycles. The molecule has 0 saturated heterocycles. The highest BCUT2D eigenvalue weighted by Gasteiger charge is 2.08. The number of benzene rings is 1. The lowest BCUT2D eigenvalue weighted by Gasteiger charge is -2.17. The van der Waals surface area contributed by atoms with E-state index in [-0.39, 0.29) is 5.91 Å². The quantitative estimate of drug-likeness (QED) is 0.821. The van der Waals surface area contributed by atoms with Gasteiger partial charge in [-0.2, -0.15) is 0 Å². The molecule has 1 rings (SSSR count). The number of hydrogen-bond donors (Lipinski definition) is 1. The zero-order chi connectivity index (χ0) is 13.4. The average Bonchev–Trinajstić information content (AvgIpc) is 2.38. The Morgan fingerprint density at radius 2 is 2.17 bits per heavy atom. The van der Waals surface area contributed by atoms with Crippen molar-refractivity contribution >= 4 is 17.5 Å². The third-order valence-corrected chi connectivity index (χ3v) is 2.85. The van der Waals surface area contributed by atoms with Crippen molar-refractivity contribution in [2.24, 2.45) is 0 Å². The number of halogens is 1. The van der Waals surface area contributed by atoms with Crippen LogP contribution in [0.25, 0.3) is 0 Å². The first-order valence-corrected chi connectivity index (χ1v) is 6.29. The van der Waals surface area contributed by atoms with Crippen LogP contribution in [0.1, 0.15) is 6.42 Å². The molecule has 1 amide bonds. The molecule has 1 aromatic carbocycles. The summed E-state index contributed by atoms with van der Waals surface area (Å²) in [6, 6.07) is 7.24. The van der Waals surface area contributed by atoms with Crippen LogP contribution in [0.4, 0.5) is 0 Å². The van der Waals surface area contributed by atoms with Crippen molar-refractivity contribution in [1.82, 2.24) is 10.2 Å². The van der Waals surface area contributed by atoms with Gasteiger partial charge in [-0.25, -0.2) is 0 Å². The van der Waals surface area contributed by atoms with Gasteiger partial charge in [0.15, 0.2) is 0 Å². The van der Waals surface area contributed by atoms with Gasteiger partial charge in [0.25, 0.3) is 0 Å². The average molecular weight is 271 g/mol. The number of ether oxygens (including phenoxy) is 1. The predicted molar refractivity (Wildman–Crippen MR) is 73.1 cm³/mol. The molecule has 0 spiro atoms. The molecule has 0 aliphatic rings. The van der Waals surface area contributed by atoms with Gasteiger partial charge in [-0.3, -0.25) is 4.79 Å². The van der Waals surface area contributed by atoms with E-state index in [1.54, 1.807) is 24.1 Å². The van der Waals surface area contributed by atoms with Crippen LogP contribution in [0, 0.1) is 0 Å². The number of rotatable bonds is 7. The molecule has 1 N–H and O–H groups in total. The molecule has 18 heavy (non-hydrogen) atoms. The van der Waals surface area contributed by atoms with E-state index in [0.29, 0.717) is 30.3 Å². The summed E-state index contributed by atoms with van der Waals surface area (Å²) < 4.78 is 5.47. The van der Waals surface area contributed by atoms with Gasteiger partial charge in [0, 0.05) is 20.1 Å². The van der Waals surface area contributed by atoms with Crippen molar-refractivity contribution < 1.29 is 9.53 Å². The highest BCUT2D eigenvalue weighted by atomic mass is 35.5. The Morgan fingerprint density at radius 1 is 1.44 bits per heavy atom. The molecule has 0 heterocycles. The van der Waals surface area contributed by atoms with Crippen LogP contribution in [0.15, 0.2) is 24.3 Å². The summed E-state index contributed by atoms with van der Waals surface area (Å²) in [7, 11) is 3.65. The number of amides is 1.